The Balaban J connectivity index is 1.60. The van der Waals surface area contributed by atoms with Crippen LogP contribution in [0.1, 0.15) is 29.4 Å². The summed E-state index contributed by atoms with van der Waals surface area (Å²) in [5.74, 6) is 0.0562. The fraction of sp³-hybridized carbons (Fsp3) is 0.409. The maximum atomic E-state index is 13.0. The van der Waals surface area contributed by atoms with Crippen LogP contribution in [-0.4, -0.2) is 65.9 Å². The van der Waals surface area contributed by atoms with Gasteiger partial charge in [0.05, 0.1) is 23.5 Å². The van der Waals surface area contributed by atoms with Crippen LogP contribution in [0, 0.1) is 6.92 Å². The lowest BCUT2D eigenvalue weighted by Crippen LogP contribution is -2.51. The predicted octanol–water partition coefficient (Wildman–Crippen LogP) is 3.10. The van der Waals surface area contributed by atoms with Crippen LogP contribution in [0.4, 0.5) is 0 Å². The molecule has 1 aliphatic heterocycles. The van der Waals surface area contributed by atoms with Crippen molar-refractivity contribution in [2.75, 3.05) is 39.3 Å². The van der Waals surface area contributed by atoms with Crippen molar-refractivity contribution in [3.8, 4) is 11.3 Å². The summed E-state index contributed by atoms with van der Waals surface area (Å²) in [5.41, 5.74) is 3.23. The summed E-state index contributed by atoms with van der Waals surface area (Å²) >= 11 is 3.48. The maximum Gasteiger partial charge on any atom is 0.255 e. The number of amides is 2. The molecule has 0 bridgehead atoms. The second-order valence-corrected chi connectivity index (χ2v) is 8.17. The maximum absolute atomic E-state index is 13.0. The Labute approximate surface area is 180 Å². The van der Waals surface area contributed by atoms with Crippen molar-refractivity contribution >= 4 is 27.7 Å². The average Bonchev–Trinajstić information content (AvgIpc) is 2.72. The molecule has 0 radical (unpaired) electrons. The van der Waals surface area contributed by atoms with Crippen molar-refractivity contribution < 1.29 is 9.59 Å². The zero-order chi connectivity index (χ0) is 20.8. The van der Waals surface area contributed by atoms with Gasteiger partial charge in [-0.05, 0) is 37.6 Å². The van der Waals surface area contributed by atoms with Gasteiger partial charge in [-0.1, -0.05) is 35.0 Å². The summed E-state index contributed by atoms with van der Waals surface area (Å²) < 4.78 is 0.996. The summed E-state index contributed by atoms with van der Waals surface area (Å²) in [5, 5.41) is 2.90. The number of nitrogens with one attached hydrogen (secondary N) is 1. The van der Waals surface area contributed by atoms with E-state index >= 15 is 0 Å². The third-order valence-electron chi connectivity index (χ3n) is 5.04. The highest BCUT2D eigenvalue weighted by atomic mass is 79.9. The van der Waals surface area contributed by atoms with Crippen LogP contribution in [0.5, 0.6) is 0 Å². The van der Waals surface area contributed by atoms with Crippen molar-refractivity contribution in [3.63, 3.8) is 0 Å². The van der Waals surface area contributed by atoms with Crippen LogP contribution >= 0.6 is 15.9 Å². The molecule has 1 aromatic carbocycles. The molecule has 6 nitrogen and oxygen atoms in total. The van der Waals surface area contributed by atoms with Gasteiger partial charge in [0.2, 0.25) is 5.91 Å². The van der Waals surface area contributed by atoms with Gasteiger partial charge in [-0.15, -0.1) is 0 Å². The number of nitrogens with zero attached hydrogens (tertiary/aromatic N) is 3. The molecule has 1 N–H and O–H groups in total. The summed E-state index contributed by atoms with van der Waals surface area (Å²) in [6.07, 6.45) is 0.932. The number of piperazine rings is 1. The van der Waals surface area contributed by atoms with E-state index in [0.717, 1.165) is 27.8 Å². The van der Waals surface area contributed by atoms with Gasteiger partial charge in [0.15, 0.2) is 0 Å². The highest BCUT2D eigenvalue weighted by molar-refractivity contribution is 9.10. The molecule has 154 valence electrons. The second-order valence-electron chi connectivity index (χ2n) is 7.26. The van der Waals surface area contributed by atoms with Crippen molar-refractivity contribution in [1.29, 1.82) is 0 Å². The van der Waals surface area contributed by atoms with Crippen molar-refractivity contribution in [1.82, 2.24) is 20.1 Å². The quantitative estimate of drug-likeness (QED) is 0.721. The highest BCUT2D eigenvalue weighted by Crippen LogP contribution is 2.23. The molecule has 2 aromatic rings. The first kappa shape index (κ1) is 21.5. The van der Waals surface area contributed by atoms with Gasteiger partial charge in [-0.3, -0.25) is 19.5 Å². The van der Waals surface area contributed by atoms with Crippen molar-refractivity contribution in [3.05, 3.63) is 52.1 Å². The normalized spacial score (nSPS) is 14.7. The summed E-state index contributed by atoms with van der Waals surface area (Å²) in [6, 6.07) is 11.7. The number of benzene rings is 1. The summed E-state index contributed by atoms with van der Waals surface area (Å²) in [6.45, 7) is 7.65. The number of hydrogen-bond donors (Lipinski definition) is 1. The highest BCUT2D eigenvalue weighted by Gasteiger charge is 2.24. The Bertz CT molecular complexity index is 879. The lowest BCUT2D eigenvalue weighted by molar-refractivity contribution is -0.122. The zero-order valence-electron chi connectivity index (χ0n) is 16.9. The number of aryl methyl sites for hydroxylation is 1. The van der Waals surface area contributed by atoms with Crippen LogP contribution in [0.3, 0.4) is 0 Å². The Hall–Kier alpha value is -2.25. The third-order valence-corrected chi connectivity index (χ3v) is 5.53. The molecule has 1 saturated heterocycles. The Morgan fingerprint density at radius 2 is 1.90 bits per heavy atom. The van der Waals surface area contributed by atoms with E-state index in [9.17, 15) is 9.59 Å². The van der Waals surface area contributed by atoms with Gasteiger partial charge in [0.25, 0.3) is 5.91 Å². The molecule has 0 aliphatic carbocycles. The second kappa shape index (κ2) is 9.98. The minimum Gasteiger partial charge on any atom is -0.355 e. The number of pyridine rings is 1. The smallest absolute Gasteiger partial charge is 0.255 e. The standard InChI is InChI=1S/C22H27BrN4O2/c1-3-9-24-21(28)15-26-10-12-27(13-11-26)22(29)19-7-8-20(25-16(19)2)17-5-4-6-18(23)14-17/h4-8,14H,3,9-13,15H2,1-2H3,(H,24,28). The number of hydrogen-bond acceptors (Lipinski definition) is 4. The van der Waals surface area contributed by atoms with Crippen molar-refractivity contribution in [2.24, 2.45) is 0 Å². The Kier molecular flexibility index (Phi) is 7.39. The lowest BCUT2D eigenvalue weighted by atomic mass is 10.1. The lowest BCUT2D eigenvalue weighted by Gasteiger charge is -2.34. The molecule has 7 heteroatoms. The van der Waals surface area contributed by atoms with Gasteiger partial charge in [0, 0.05) is 42.8 Å². The van der Waals surface area contributed by atoms with Crippen LogP contribution in [0.2, 0.25) is 0 Å². The zero-order valence-corrected chi connectivity index (χ0v) is 18.5. The first-order valence-corrected chi connectivity index (χ1v) is 10.8. The molecule has 29 heavy (non-hydrogen) atoms. The van der Waals surface area contributed by atoms with Crippen LogP contribution in [0.25, 0.3) is 11.3 Å². The van der Waals surface area contributed by atoms with Gasteiger partial charge < -0.3 is 10.2 Å². The van der Waals surface area contributed by atoms with E-state index in [-0.39, 0.29) is 11.8 Å². The van der Waals surface area contributed by atoms with Crippen LogP contribution < -0.4 is 5.32 Å². The topological polar surface area (TPSA) is 65.5 Å². The summed E-state index contributed by atoms with van der Waals surface area (Å²) in [4.78, 5) is 33.4. The van der Waals surface area contributed by atoms with Gasteiger partial charge in [-0.25, -0.2) is 0 Å². The van der Waals surface area contributed by atoms with Gasteiger partial charge in [-0.2, -0.15) is 0 Å². The van der Waals surface area contributed by atoms with E-state index in [2.05, 4.69) is 31.1 Å². The van der Waals surface area contributed by atoms with Crippen LogP contribution in [0.15, 0.2) is 40.9 Å². The number of carbonyl (C=O) groups is 2. The van der Waals surface area contributed by atoms with E-state index in [0.29, 0.717) is 44.8 Å². The summed E-state index contributed by atoms with van der Waals surface area (Å²) in [7, 11) is 0. The minimum atomic E-state index is 0.00544. The number of rotatable bonds is 6. The number of carbonyl (C=O) groups excluding carboxylic acids is 2. The SMILES string of the molecule is CCCNC(=O)CN1CCN(C(=O)c2ccc(-c3cccc(Br)c3)nc2C)CC1. The average molecular weight is 459 g/mol. The molecule has 0 unspecified atom stereocenters. The fourth-order valence-electron chi connectivity index (χ4n) is 3.40. The fourth-order valence-corrected chi connectivity index (χ4v) is 3.80. The third kappa shape index (κ3) is 5.64. The van der Waals surface area contributed by atoms with E-state index in [1.165, 1.54) is 0 Å². The first-order valence-electron chi connectivity index (χ1n) is 10.00. The number of halogens is 1. The van der Waals surface area contributed by atoms with Crippen LogP contribution in [-0.2, 0) is 4.79 Å². The van der Waals surface area contributed by atoms with Crippen molar-refractivity contribution in [2.45, 2.75) is 20.3 Å². The monoisotopic (exact) mass is 458 g/mol. The molecule has 2 heterocycles. The molecule has 3 rings (SSSR count). The largest absolute Gasteiger partial charge is 0.355 e. The molecular weight excluding hydrogens is 432 g/mol. The molecule has 1 fully saturated rings. The molecule has 0 spiro atoms. The number of aromatic nitrogens is 1. The molecule has 1 aliphatic rings. The Morgan fingerprint density at radius 3 is 2.55 bits per heavy atom. The first-order chi connectivity index (χ1) is 14.0. The van der Waals surface area contributed by atoms with E-state index < -0.39 is 0 Å². The minimum absolute atomic E-state index is 0.00544. The van der Waals surface area contributed by atoms with E-state index in [1.807, 2.05) is 55.1 Å². The molecule has 0 atom stereocenters. The molecular formula is C22H27BrN4O2. The van der Waals surface area contributed by atoms with Gasteiger partial charge >= 0.3 is 0 Å². The predicted molar refractivity (Wildman–Crippen MR) is 118 cm³/mol. The van der Waals surface area contributed by atoms with E-state index in [4.69, 9.17) is 0 Å². The Morgan fingerprint density at radius 1 is 1.14 bits per heavy atom. The molecule has 2 amide bonds. The van der Waals surface area contributed by atoms with E-state index in [1.54, 1.807) is 0 Å². The molecule has 0 saturated carbocycles. The molecule has 1 aromatic heterocycles. The van der Waals surface area contributed by atoms with Gasteiger partial charge in [0.1, 0.15) is 0 Å².